The average molecular weight is 324 g/mol. The van der Waals surface area contributed by atoms with Gasteiger partial charge in [-0.25, -0.2) is 4.39 Å². The van der Waals surface area contributed by atoms with Crippen molar-refractivity contribution in [1.82, 2.24) is 4.98 Å². The lowest BCUT2D eigenvalue weighted by atomic mass is 10.2. The molecule has 0 radical (unpaired) electrons. The predicted molar refractivity (Wildman–Crippen MR) is 75.8 cm³/mol. The summed E-state index contributed by atoms with van der Waals surface area (Å²) >= 11 is 3.16. The molecular formula is C13H11BrFN3O. The summed E-state index contributed by atoms with van der Waals surface area (Å²) in [6.45, 7) is 0. The van der Waals surface area contributed by atoms with Crippen LogP contribution in [0.3, 0.4) is 0 Å². The van der Waals surface area contributed by atoms with Crippen molar-refractivity contribution in [3.8, 4) is 0 Å². The normalized spacial score (nSPS) is 10.1. The van der Waals surface area contributed by atoms with Gasteiger partial charge < -0.3 is 10.6 Å². The van der Waals surface area contributed by atoms with Crippen molar-refractivity contribution in [2.24, 2.45) is 0 Å². The van der Waals surface area contributed by atoms with Crippen LogP contribution in [0.2, 0.25) is 0 Å². The average Bonchev–Trinajstić information content (AvgIpc) is 2.41. The number of aromatic nitrogens is 1. The SMILES string of the molecule is CNc1cnccc1C(=O)Nc1ccc(Br)cc1F. The van der Waals surface area contributed by atoms with Gasteiger partial charge in [0.15, 0.2) is 0 Å². The molecule has 0 bridgehead atoms. The highest BCUT2D eigenvalue weighted by molar-refractivity contribution is 9.10. The topological polar surface area (TPSA) is 54.0 Å². The standard InChI is InChI=1S/C13H11BrFN3O/c1-16-12-7-17-5-4-9(12)13(19)18-11-3-2-8(14)6-10(11)15/h2-7,16H,1H3,(H,18,19). The number of hydrogen-bond donors (Lipinski definition) is 2. The van der Waals surface area contributed by atoms with E-state index in [1.807, 2.05) is 0 Å². The number of carbonyl (C=O) groups is 1. The number of benzene rings is 1. The Labute approximate surface area is 118 Å². The van der Waals surface area contributed by atoms with Gasteiger partial charge in [-0.2, -0.15) is 0 Å². The molecule has 0 saturated heterocycles. The summed E-state index contributed by atoms with van der Waals surface area (Å²) in [4.78, 5) is 16.0. The van der Waals surface area contributed by atoms with Gasteiger partial charge in [-0.15, -0.1) is 0 Å². The van der Waals surface area contributed by atoms with Crippen LogP contribution >= 0.6 is 15.9 Å². The van der Waals surface area contributed by atoms with Gasteiger partial charge in [0.1, 0.15) is 5.82 Å². The number of rotatable bonds is 3. The molecule has 0 aliphatic heterocycles. The maximum Gasteiger partial charge on any atom is 0.257 e. The second kappa shape index (κ2) is 5.79. The van der Waals surface area contributed by atoms with Gasteiger partial charge >= 0.3 is 0 Å². The second-order valence-corrected chi connectivity index (χ2v) is 4.67. The van der Waals surface area contributed by atoms with E-state index >= 15 is 0 Å². The third-order valence-corrected chi connectivity index (χ3v) is 3.01. The number of halogens is 2. The van der Waals surface area contributed by atoms with Crippen LogP contribution in [-0.4, -0.2) is 17.9 Å². The lowest BCUT2D eigenvalue weighted by Crippen LogP contribution is -2.15. The Kier molecular flexibility index (Phi) is 4.11. The van der Waals surface area contributed by atoms with Crippen LogP contribution < -0.4 is 10.6 Å². The van der Waals surface area contributed by atoms with Crippen molar-refractivity contribution in [3.63, 3.8) is 0 Å². The number of hydrogen-bond acceptors (Lipinski definition) is 3. The minimum absolute atomic E-state index is 0.132. The zero-order valence-electron chi connectivity index (χ0n) is 10.1. The Hall–Kier alpha value is -1.95. The minimum atomic E-state index is -0.497. The zero-order chi connectivity index (χ0) is 13.8. The highest BCUT2D eigenvalue weighted by atomic mass is 79.9. The first-order chi connectivity index (χ1) is 9.11. The first-order valence-corrected chi connectivity index (χ1v) is 6.29. The monoisotopic (exact) mass is 323 g/mol. The van der Waals surface area contributed by atoms with Crippen molar-refractivity contribution >= 4 is 33.2 Å². The van der Waals surface area contributed by atoms with Gasteiger partial charge in [-0.05, 0) is 24.3 Å². The fraction of sp³-hybridized carbons (Fsp3) is 0.0769. The van der Waals surface area contributed by atoms with E-state index in [2.05, 4.69) is 31.5 Å². The van der Waals surface area contributed by atoms with Crippen LogP contribution in [0.25, 0.3) is 0 Å². The zero-order valence-corrected chi connectivity index (χ0v) is 11.7. The first-order valence-electron chi connectivity index (χ1n) is 5.50. The third-order valence-electron chi connectivity index (χ3n) is 2.51. The molecule has 2 aromatic rings. The van der Waals surface area contributed by atoms with Gasteiger partial charge in [-0.3, -0.25) is 9.78 Å². The Morgan fingerprint density at radius 1 is 1.32 bits per heavy atom. The van der Waals surface area contributed by atoms with Crippen LogP contribution in [0.4, 0.5) is 15.8 Å². The highest BCUT2D eigenvalue weighted by Gasteiger charge is 2.12. The number of nitrogens with one attached hydrogen (secondary N) is 2. The van der Waals surface area contributed by atoms with E-state index in [0.29, 0.717) is 15.7 Å². The van der Waals surface area contributed by atoms with Crippen LogP contribution in [0.5, 0.6) is 0 Å². The van der Waals surface area contributed by atoms with E-state index in [9.17, 15) is 9.18 Å². The first kappa shape index (κ1) is 13.5. The number of carbonyl (C=O) groups excluding carboxylic acids is 1. The van der Waals surface area contributed by atoms with Gasteiger partial charge in [0.05, 0.1) is 23.1 Å². The molecule has 6 heteroatoms. The summed E-state index contributed by atoms with van der Waals surface area (Å²) in [6, 6.07) is 6.01. The van der Waals surface area contributed by atoms with Crippen molar-refractivity contribution in [1.29, 1.82) is 0 Å². The third kappa shape index (κ3) is 3.08. The fourth-order valence-corrected chi connectivity index (χ4v) is 1.91. The van der Waals surface area contributed by atoms with E-state index in [-0.39, 0.29) is 5.69 Å². The summed E-state index contributed by atoms with van der Waals surface area (Å²) in [5.74, 6) is -0.893. The molecule has 0 aliphatic rings. The smallest absolute Gasteiger partial charge is 0.257 e. The molecule has 4 nitrogen and oxygen atoms in total. The van der Waals surface area contributed by atoms with Gasteiger partial charge in [0.25, 0.3) is 5.91 Å². The molecule has 19 heavy (non-hydrogen) atoms. The van der Waals surface area contributed by atoms with E-state index in [4.69, 9.17) is 0 Å². The molecule has 0 spiro atoms. The molecule has 0 unspecified atom stereocenters. The van der Waals surface area contributed by atoms with Gasteiger partial charge in [-0.1, -0.05) is 15.9 Å². The molecule has 0 atom stereocenters. The molecule has 1 aromatic heterocycles. The molecule has 2 rings (SSSR count). The van der Waals surface area contributed by atoms with E-state index in [1.54, 1.807) is 19.2 Å². The minimum Gasteiger partial charge on any atom is -0.386 e. The molecule has 0 fully saturated rings. The lowest BCUT2D eigenvalue weighted by molar-refractivity contribution is 0.102. The lowest BCUT2D eigenvalue weighted by Gasteiger charge is -2.10. The molecule has 2 N–H and O–H groups in total. The molecule has 0 saturated carbocycles. The van der Waals surface area contributed by atoms with Crippen LogP contribution in [0, 0.1) is 5.82 Å². The number of nitrogens with zero attached hydrogens (tertiary/aromatic N) is 1. The molecule has 98 valence electrons. The predicted octanol–water partition coefficient (Wildman–Crippen LogP) is 3.28. The van der Waals surface area contributed by atoms with Crippen LogP contribution in [-0.2, 0) is 0 Å². The van der Waals surface area contributed by atoms with Crippen molar-refractivity contribution in [3.05, 3.63) is 52.5 Å². The Balaban J connectivity index is 2.26. The Morgan fingerprint density at radius 3 is 2.79 bits per heavy atom. The van der Waals surface area contributed by atoms with E-state index in [1.165, 1.54) is 24.5 Å². The largest absolute Gasteiger partial charge is 0.386 e. The summed E-state index contributed by atoms with van der Waals surface area (Å²) in [5, 5.41) is 5.39. The van der Waals surface area contributed by atoms with Crippen molar-refractivity contribution in [2.45, 2.75) is 0 Å². The summed E-state index contributed by atoms with van der Waals surface area (Å²) in [6.07, 6.45) is 3.04. The quantitative estimate of drug-likeness (QED) is 0.911. The van der Waals surface area contributed by atoms with Crippen LogP contribution in [0.1, 0.15) is 10.4 Å². The number of pyridine rings is 1. The Bertz CT molecular complexity index is 619. The van der Waals surface area contributed by atoms with Crippen molar-refractivity contribution in [2.75, 3.05) is 17.7 Å². The number of anilines is 2. The van der Waals surface area contributed by atoms with E-state index in [0.717, 1.165) is 0 Å². The summed E-state index contributed by atoms with van der Waals surface area (Å²) in [7, 11) is 1.69. The van der Waals surface area contributed by atoms with Gasteiger partial charge in [0.2, 0.25) is 0 Å². The van der Waals surface area contributed by atoms with Crippen LogP contribution in [0.15, 0.2) is 41.1 Å². The molecule has 1 amide bonds. The maximum atomic E-state index is 13.6. The highest BCUT2D eigenvalue weighted by Crippen LogP contribution is 2.21. The fourth-order valence-electron chi connectivity index (χ4n) is 1.57. The Morgan fingerprint density at radius 2 is 2.11 bits per heavy atom. The van der Waals surface area contributed by atoms with Crippen molar-refractivity contribution < 1.29 is 9.18 Å². The molecule has 0 aliphatic carbocycles. The second-order valence-electron chi connectivity index (χ2n) is 3.75. The maximum absolute atomic E-state index is 13.6. The van der Waals surface area contributed by atoms with Gasteiger partial charge in [0, 0.05) is 17.7 Å². The molecular weight excluding hydrogens is 313 g/mol. The molecule has 1 heterocycles. The number of amides is 1. The molecule has 1 aromatic carbocycles. The summed E-state index contributed by atoms with van der Waals surface area (Å²) < 4.78 is 14.2. The van der Waals surface area contributed by atoms with E-state index < -0.39 is 11.7 Å². The summed E-state index contributed by atoms with van der Waals surface area (Å²) in [5.41, 5.74) is 1.12.